The van der Waals surface area contributed by atoms with E-state index >= 15 is 0 Å². The highest BCUT2D eigenvalue weighted by Crippen LogP contribution is 2.32. The molecular formula is C19H20FN5O3. The lowest BCUT2D eigenvalue weighted by molar-refractivity contribution is -0.186. The van der Waals surface area contributed by atoms with Gasteiger partial charge in [0.2, 0.25) is 12.2 Å². The molecule has 0 amide bonds. The standard InChI is InChI=1S/C19H20FN5O3/c20-13-4-2-12(3-5-13)15-16(14-6-7-21-19(23-14)22-8-9-26)25-17(24-15)18-27-10-1-11-28-18/h2-7,18,26H,1,8-11H2,(H,24,25)(H,21,22,23). The van der Waals surface area contributed by atoms with E-state index < -0.39 is 6.29 Å². The van der Waals surface area contributed by atoms with Gasteiger partial charge in [-0.3, -0.25) is 0 Å². The Balaban J connectivity index is 1.75. The molecule has 3 N–H and O–H groups in total. The number of aromatic amines is 1. The van der Waals surface area contributed by atoms with Crippen molar-refractivity contribution in [1.82, 2.24) is 19.9 Å². The Bertz CT molecular complexity index is 926. The molecule has 0 unspecified atom stereocenters. The van der Waals surface area contributed by atoms with E-state index in [-0.39, 0.29) is 12.4 Å². The number of aromatic nitrogens is 4. The first kappa shape index (κ1) is 18.5. The number of imidazole rings is 1. The zero-order valence-corrected chi connectivity index (χ0v) is 15.1. The first-order valence-electron chi connectivity index (χ1n) is 9.02. The van der Waals surface area contributed by atoms with Gasteiger partial charge < -0.3 is 24.9 Å². The summed E-state index contributed by atoms with van der Waals surface area (Å²) < 4.78 is 24.7. The zero-order valence-electron chi connectivity index (χ0n) is 15.1. The van der Waals surface area contributed by atoms with Gasteiger partial charge in [-0.25, -0.2) is 19.3 Å². The molecule has 1 saturated heterocycles. The van der Waals surface area contributed by atoms with Gasteiger partial charge in [0.1, 0.15) is 5.82 Å². The Labute approximate surface area is 160 Å². The maximum Gasteiger partial charge on any atom is 0.223 e. The average molecular weight is 385 g/mol. The molecule has 2 aromatic heterocycles. The number of hydrogen-bond acceptors (Lipinski definition) is 7. The van der Waals surface area contributed by atoms with Crippen LogP contribution in [0.2, 0.25) is 0 Å². The van der Waals surface area contributed by atoms with Gasteiger partial charge in [-0.1, -0.05) is 0 Å². The summed E-state index contributed by atoms with van der Waals surface area (Å²) in [6, 6.07) is 7.84. The van der Waals surface area contributed by atoms with Crippen LogP contribution in [0, 0.1) is 5.82 Å². The molecule has 0 atom stereocenters. The number of benzene rings is 1. The minimum Gasteiger partial charge on any atom is -0.395 e. The number of aliphatic hydroxyl groups is 1. The molecule has 0 radical (unpaired) electrons. The number of halogens is 1. The first-order valence-corrected chi connectivity index (χ1v) is 9.02. The van der Waals surface area contributed by atoms with E-state index in [2.05, 4.69) is 25.3 Å². The summed E-state index contributed by atoms with van der Waals surface area (Å²) in [5.74, 6) is 0.591. The monoisotopic (exact) mass is 385 g/mol. The van der Waals surface area contributed by atoms with Crippen LogP contribution in [0.1, 0.15) is 18.5 Å². The van der Waals surface area contributed by atoms with Crippen molar-refractivity contribution < 1.29 is 19.0 Å². The van der Waals surface area contributed by atoms with Crippen LogP contribution in [0.5, 0.6) is 0 Å². The molecule has 0 bridgehead atoms. The topological polar surface area (TPSA) is 105 Å². The first-order chi connectivity index (χ1) is 13.7. The van der Waals surface area contributed by atoms with Gasteiger partial charge in [0.05, 0.1) is 36.9 Å². The highest BCUT2D eigenvalue weighted by Gasteiger charge is 2.24. The summed E-state index contributed by atoms with van der Waals surface area (Å²) in [7, 11) is 0. The Morgan fingerprint density at radius 1 is 1.14 bits per heavy atom. The van der Waals surface area contributed by atoms with Crippen LogP contribution in [0.4, 0.5) is 10.3 Å². The molecular weight excluding hydrogens is 365 g/mol. The van der Waals surface area contributed by atoms with Crippen molar-refractivity contribution in [3.8, 4) is 22.6 Å². The van der Waals surface area contributed by atoms with Crippen LogP contribution >= 0.6 is 0 Å². The third-order valence-electron chi connectivity index (χ3n) is 4.20. The van der Waals surface area contributed by atoms with Gasteiger partial charge in [0.15, 0.2) is 5.82 Å². The number of hydrogen-bond donors (Lipinski definition) is 3. The van der Waals surface area contributed by atoms with Gasteiger partial charge in [0.25, 0.3) is 0 Å². The number of H-pyrrole nitrogens is 1. The summed E-state index contributed by atoms with van der Waals surface area (Å²) in [5, 5.41) is 11.9. The number of anilines is 1. The van der Waals surface area contributed by atoms with Gasteiger partial charge >= 0.3 is 0 Å². The average Bonchev–Trinajstić information content (AvgIpc) is 3.19. The highest BCUT2D eigenvalue weighted by molar-refractivity contribution is 5.77. The molecule has 0 spiro atoms. The summed E-state index contributed by atoms with van der Waals surface area (Å²) >= 11 is 0. The third-order valence-corrected chi connectivity index (χ3v) is 4.20. The lowest BCUT2D eigenvalue weighted by Gasteiger charge is -2.21. The molecule has 28 heavy (non-hydrogen) atoms. The van der Waals surface area contributed by atoms with Crippen LogP contribution in [-0.2, 0) is 9.47 Å². The largest absolute Gasteiger partial charge is 0.395 e. The SMILES string of the molecule is OCCNc1nccc(-c2[nH]c(C3OCCCO3)nc2-c2ccc(F)cc2)n1. The maximum absolute atomic E-state index is 13.4. The molecule has 4 rings (SSSR count). The van der Waals surface area contributed by atoms with Gasteiger partial charge in [0, 0.05) is 18.3 Å². The van der Waals surface area contributed by atoms with E-state index in [9.17, 15) is 4.39 Å². The molecule has 0 saturated carbocycles. The molecule has 1 aromatic carbocycles. The Hall–Kier alpha value is -2.88. The van der Waals surface area contributed by atoms with E-state index in [1.165, 1.54) is 12.1 Å². The van der Waals surface area contributed by atoms with E-state index in [0.717, 1.165) is 12.0 Å². The molecule has 3 aromatic rings. The van der Waals surface area contributed by atoms with Crippen molar-refractivity contribution in [2.75, 3.05) is 31.7 Å². The zero-order chi connectivity index (χ0) is 19.3. The molecule has 3 heterocycles. The quantitative estimate of drug-likeness (QED) is 0.599. The minimum atomic E-state index is -0.587. The van der Waals surface area contributed by atoms with Crippen LogP contribution in [0.25, 0.3) is 22.6 Å². The van der Waals surface area contributed by atoms with Gasteiger partial charge in [-0.05, 0) is 36.8 Å². The van der Waals surface area contributed by atoms with Crippen molar-refractivity contribution in [2.45, 2.75) is 12.7 Å². The Morgan fingerprint density at radius 2 is 1.93 bits per heavy atom. The number of nitrogens with one attached hydrogen (secondary N) is 2. The second kappa shape index (κ2) is 8.42. The van der Waals surface area contributed by atoms with Crippen molar-refractivity contribution in [3.63, 3.8) is 0 Å². The highest BCUT2D eigenvalue weighted by atomic mass is 19.1. The van der Waals surface area contributed by atoms with Crippen LogP contribution in [-0.4, -0.2) is 51.4 Å². The Kier molecular flexibility index (Phi) is 5.56. The molecule has 146 valence electrons. The summed E-state index contributed by atoms with van der Waals surface area (Å²) in [4.78, 5) is 16.5. The van der Waals surface area contributed by atoms with E-state index in [4.69, 9.17) is 14.6 Å². The maximum atomic E-state index is 13.4. The normalized spacial score (nSPS) is 14.9. The molecule has 1 aliphatic heterocycles. The number of aliphatic hydroxyl groups excluding tert-OH is 1. The van der Waals surface area contributed by atoms with E-state index in [0.29, 0.717) is 48.6 Å². The molecule has 0 aliphatic carbocycles. The third kappa shape index (κ3) is 4.01. The molecule has 8 nitrogen and oxygen atoms in total. The predicted octanol–water partition coefficient (Wildman–Crippen LogP) is 2.51. The molecule has 1 aliphatic rings. The number of rotatable bonds is 6. The fraction of sp³-hybridized carbons (Fsp3) is 0.316. The second-order valence-corrected chi connectivity index (χ2v) is 6.20. The van der Waals surface area contributed by atoms with Crippen molar-refractivity contribution in [2.24, 2.45) is 0 Å². The summed E-state index contributed by atoms with van der Waals surface area (Å²) in [6.07, 6.45) is 1.86. The molecule has 9 heteroatoms. The van der Waals surface area contributed by atoms with Crippen LogP contribution in [0.3, 0.4) is 0 Å². The lowest BCUT2D eigenvalue weighted by atomic mass is 10.1. The summed E-state index contributed by atoms with van der Waals surface area (Å²) in [6.45, 7) is 1.50. The second-order valence-electron chi connectivity index (χ2n) is 6.20. The predicted molar refractivity (Wildman–Crippen MR) is 99.8 cm³/mol. The van der Waals surface area contributed by atoms with Crippen molar-refractivity contribution >= 4 is 5.95 Å². The smallest absolute Gasteiger partial charge is 0.223 e. The van der Waals surface area contributed by atoms with Crippen LogP contribution < -0.4 is 5.32 Å². The Morgan fingerprint density at radius 3 is 2.68 bits per heavy atom. The lowest BCUT2D eigenvalue weighted by Crippen LogP contribution is -2.18. The number of nitrogens with zero attached hydrogens (tertiary/aromatic N) is 3. The fourth-order valence-electron chi connectivity index (χ4n) is 2.90. The molecule has 1 fully saturated rings. The summed E-state index contributed by atoms with van der Waals surface area (Å²) in [5.41, 5.74) is 2.59. The van der Waals surface area contributed by atoms with Crippen molar-refractivity contribution in [3.05, 3.63) is 48.2 Å². The number of ether oxygens (including phenoxy) is 2. The van der Waals surface area contributed by atoms with Gasteiger partial charge in [-0.15, -0.1) is 0 Å². The fourth-order valence-corrected chi connectivity index (χ4v) is 2.90. The van der Waals surface area contributed by atoms with E-state index in [1.54, 1.807) is 24.4 Å². The minimum absolute atomic E-state index is 0.0288. The van der Waals surface area contributed by atoms with Crippen molar-refractivity contribution in [1.29, 1.82) is 0 Å². The van der Waals surface area contributed by atoms with E-state index in [1.807, 2.05) is 0 Å². The van der Waals surface area contributed by atoms with Crippen LogP contribution in [0.15, 0.2) is 36.5 Å². The van der Waals surface area contributed by atoms with Gasteiger partial charge in [-0.2, -0.15) is 0 Å².